The lowest BCUT2D eigenvalue weighted by molar-refractivity contribution is 0.0526. The Hall–Kier alpha value is -1.39. The lowest BCUT2D eigenvalue weighted by Crippen LogP contribution is -2.24. The van der Waals surface area contributed by atoms with Crippen molar-refractivity contribution in [2.24, 2.45) is 0 Å². The predicted molar refractivity (Wildman–Crippen MR) is 84.5 cm³/mol. The van der Waals surface area contributed by atoms with Crippen LogP contribution in [0.25, 0.3) is 0 Å². The van der Waals surface area contributed by atoms with Crippen molar-refractivity contribution in [3.8, 4) is 0 Å². The maximum atomic E-state index is 11.5. The van der Waals surface area contributed by atoms with Crippen molar-refractivity contribution < 1.29 is 14.3 Å². The molecule has 0 aliphatic rings. The third-order valence-electron chi connectivity index (χ3n) is 3.39. The van der Waals surface area contributed by atoms with Crippen LogP contribution in [-0.2, 0) is 16.1 Å². The first kappa shape index (κ1) is 17.7. The summed E-state index contributed by atoms with van der Waals surface area (Å²) in [6, 6.07) is 7.40. The molecular weight excluding hydrogens is 266 g/mol. The Bertz CT molecular complexity index is 399. The highest BCUT2D eigenvalue weighted by molar-refractivity contribution is 5.89. The molecule has 1 rings (SSSR count). The monoisotopic (exact) mass is 293 g/mol. The van der Waals surface area contributed by atoms with Gasteiger partial charge in [-0.1, -0.05) is 26.0 Å². The number of hydrogen-bond donors (Lipinski definition) is 0. The molecule has 0 saturated heterocycles. The van der Waals surface area contributed by atoms with E-state index in [-0.39, 0.29) is 5.97 Å². The standard InChI is InChI=1S/C17H27NO3/c1-4-18(5-2)12-7-13-20-14-15-8-10-16(11-9-15)17(19)21-6-3/h8-11H,4-7,12-14H2,1-3H3. The van der Waals surface area contributed by atoms with E-state index in [0.717, 1.165) is 38.2 Å². The highest BCUT2D eigenvalue weighted by atomic mass is 16.5. The van der Waals surface area contributed by atoms with E-state index in [1.54, 1.807) is 19.1 Å². The van der Waals surface area contributed by atoms with Gasteiger partial charge in [-0.25, -0.2) is 4.79 Å². The molecular formula is C17H27NO3. The second-order valence-corrected chi connectivity index (χ2v) is 4.85. The number of rotatable bonds is 10. The van der Waals surface area contributed by atoms with E-state index >= 15 is 0 Å². The number of ether oxygens (including phenoxy) is 2. The summed E-state index contributed by atoms with van der Waals surface area (Å²) in [4.78, 5) is 13.9. The second kappa shape index (κ2) is 10.4. The number of carbonyl (C=O) groups excluding carboxylic acids is 1. The highest BCUT2D eigenvalue weighted by Crippen LogP contribution is 2.07. The largest absolute Gasteiger partial charge is 0.462 e. The first-order valence-electron chi connectivity index (χ1n) is 7.77. The first-order chi connectivity index (χ1) is 10.2. The molecule has 1 aromatic rings. The van der Waals surface area contributed by atoms with Crippen molar-refractivity contribution in [3.63, 3.8) is 0 Å². The van der Waals surface area contributed by atoms with Crippen LogP contribution in [0.4, 0.5) is 0 Å². The van der Waals surface area contributed by atoms with Crippen LogP contribution < -0.4 is 0 Å². The molecule has 0 spiro atoms. The van der Waals surface area contributed by atoms with Crippen molar-refractivity contribution in [1.82, 2.24) is 4.90 Å². The second-order valence-electron chi connectivity index (χ2n) is 4.85. The molecule has 0 radical (unpaired) electrons. The molecule has 21 heavy (non-hydrogen) atoms. The molecule has 0 heterocycles. The van der Waals surface area contributed by atoms with E-state index in [0.29, 0.717) is 18.8 Å². The molecule has 0 N–H and O–H groups in total. The normalized spacial score (nSPS) is 10.9. The number of benzene rings is 1. The molecule has 0 aliphatic carbocycles. The fraction of sp³-hybridized carbons (Fsp3) is 0.588. The zero-order chi connectivity index (χ0) is 15.5. The zero-order valence-electron chi connectivity index (χ0n) is 13.4. The van der Waals surface area contributed by atoms with Crippen LogP contribution in [0.2, 0.25) is 0 Å². The van der Waals surface area contributed by atoms with Crippen molar-refractivity contribution in [2.75, 3.05) is 32.8 Å². The fourth-order valence-corrected chi connectivity index (χ4v) is 2.07. The quantitative estimate of drug-likeness (QED) is 0.491. The van der Waals surface area contributed by atoms with Crippen LogP contribution in [0, 0.1) is 0 Å². The highest BCUT2D eigenvalue weighted by Gasteiger charge is 2.05. The van der Waals surface area contributed by atoms with Gasteiger partial charge in [0.15, 0.2) is 0 Å². The molecule has 0 atom stereocenters. The van der Waals surface area contributed by atoms with E-state index in [2.05, 4.69) is 18.7 Å². The van der Waals surface area contributed by atoms with Gasteiger partial charge < -0.3 is 14.4 Å². The Morgan fingerprint density at radius 3 is 2.33 bits per heavy atom. The van der Waals surface area contributed by atoms with Gasteiger partial charge in [0.1, 0.15) is 0 Å². The van der Waals surface area contributed by atoms with Crippen LogP contribution in [0.15, 0.2) is 24.3 Å². The Kier molecular flexibility index (Phi) is 8.71. The number of nitrogens with zero attached hydrogens (tertiary/aromatic N) is 1. The van der Waals surface area contributed by atoms with Gasteiger partial charge >= 0.3 is 5.97 Å². The smallest absolute Gasteiger partial charge is 0.338 e. The summed E-state index contributed by atoms with van der Waals surface area (Å²) in [7, 11) is 0. The summed E-state index contributed by atoms with van der Waals surface area (Å²) in [5.74, 6) is -0.274. The maximum absolute atomic E-state index is 11.5. The molecule has 0 saturated carbocycles. The molecule has 0 aliphatic heterocycles. The van der Waals surface area contributed by atoms with Crippen LogP contribution in [0.5, 0.6) is 0 Å². The van der Waals surface area contributed by atoms with Gasteiger partial charge in [0, 0.05) is 13.2 Å². The lowest BCUT2D eigenvalue weighted by atomic mass is 10.1. The minimum absolute atomic E-state index is 0.274. The molecule has 4 nitrogen and oxygen atoms in total. The number of hydrogen-bond acceptors (Lipinski definition) is 4. The van der Waals surface area contributed by atoms with Crippen molar-refractivity contribution in [2.45, 2.75) is 33.8 Å². The Morgan fingerprint density at radius 1 is 1.10 bits per heavy atom. The molecule has 0 aromatic heterocycles. The van der Waals surface area contributed by atoms with E-state index in [4.69, 9.17) is 9.47 Å². The zero-order valence-corrected chi connectivity index (χ0v) is 13.4. The Morgan fingerprint density at radius 2 is 1.76 bits per heavy atom. The summed E-state index contributed by atoms with van der Waals surface area (Å²) in [6.07, 6.45) is 1.04. The third-order valence-corrected chi connectivity index (χ3v) is 3.39. The summed E-state index contributed by atoms with van der Waals surface area (Å²) in [6.45, 7) is 11.2. The fourth-order valence-electron chi connectivity index (χ4n) is 2.07. The van der Waals surface area contributed by atoms with Crippen molar-refractivity contribution in [3.05, 3.63) is 35.4 Å². The van der Waals surface area contributed by atoms with Gasteiger partial charge in [0.2, 0.25) is 0 Å². The van der Waals surface area contributed by atoms with Gasteiger partial charge in [0.25, 0.3) is 0 Å². The topological polar surface area (TPSA) is 38.8 Å². The van der Waals surface area contributed by atoms with Gasteiger partial charge in [-0.3, -0.25) is 0 Å². The molecule has 0 fully saturated rings. The first-order valence-corrected chi connectivity index (χ1v) is 7.77. The van der Waals surface area contributed by atoms with Crippen LogP contribution in [0.1, 0.15) is 43.1 Å². The van der Waals surface area contributed by atoms with E-state index < -0.39 is 0 Å². The van der Waals surface area contributed by atoms with Crippen LogP contribution in [-0.4, -0.2) is 43.7 Å². The SMILES string of the molecule is CCOC(=O)c1ccc(COCCCN(CC)CC)cc1. The van der Waals surface area contributed by atoms with Crippen molar-refractivity contribution >= 4 is 5.97 Å². The molecule has 0 bridgehead atoms. The summed E-state index contributed by atoms with van der Waals surface area (Å²) in [5, 5.41) is 0. The molecule has 1 aromatic carbocycles. The average Bonchev–Trinajstić information content (AvgIpc) is 2.52. The Labute approximate surface area is 128 Å². The van der Waals surface area contributed by atoms with Crippen LogP contribution in [0.3, 0.4) is 0 Å². The van der Waals surface area contributed by atoms with E-state index in [1.165, 1.54) is 0 Å². The number of esters is 1. The predicted octanol–water partition coefficient (Wildman–Crippen LogP) is 3.11. The average molecular weight is 293 g/mol. The summed E-state index contributed by atoms with van der Waals surface area (Å²) in [5.41, 5.74) is 1.66. The molecule has 0 amide bonds. The molecule has 118 valence electrons. The van der Waals surface area contributed by atoms with Gasteiger partial charge in [-0.05, 0) is 44.1 Å². The van der Waals surface area contributed by atoms with Crippen molar-refractivity contribution in [1.29, 1.82) is 0 Å². The van der Waals surface area contributed by atoms with E-state index in [1.807, 2.05) is 12.1 Å². The van der Waals surface area contributed by atoms with Gasteiger partial charge in [-0.15, -0.1) is 0 Å². The minimum atomic E-state index is -0.274. The van der Waals surface area contributed by atoms with Gasteiger partial charge in [0.05, 0.1) is 18.8 Å². The molecule has 4 heteroatoms. The Balaban J connectivity index is 2.25. The maximum Gasteiger partial charge on any atom is 0.338 e. The number of carbonyl (C=O) groups is 1. The molecule has 0 unspecified atom stereocenters. The van der Waals surface area contributed by atoms with E-state index in [9.17, 15) is 4.79 Å². The lowest BCUT2D eigenvalue weighted by Gasteiger charge is -2.17. The minimum Gasteiger partial charge on any atom is -0.462 e. The third kappa shape index (κ3) is 6.74. The van der Waals surface area contributed by atoms with Crippen LogP contribution >= 0.6 is 0 Å². The van der Waals surface area contributed by atoms with Gasteiger partial charge in [-0.2, -0.15) is 0 Å². The summed E-state index contributed by atoms with van der Waals surface area (Å²) >= 11 is 0. The summed E-state index contributed by atoms with van der Waals surface area (Å²) < 4.78 is 10.6.